The van der Waals surface area contributed by atoms with E-state index >= 15 is 0 Å². The average Bonchev–Trinajstić information content (AvgIpc) is 3.17. The fourth-order valence-corrected chi connectivity index (χ4v) is 2.04. The van der Waals surface area contributed by atoms with Crippen molar-refractivity contribution in [2.45, 2.75) is 19.3 Å². The molecule has 3 nitrogen and oxygen atoms in total. The highest BCUT2D eigenvalue weighted by molar-refractivity contribution is 5.77. The molecule has 0 heterocycles. The normalized spacial score (nSPS) is 21.2. The Hall–Kier alpha value is -1.77. The third-order valence-corrected chi connectivity index (χ3v) is 3.06. The molecule has 0 N–H and O–H groups in total. The average molecular weight is 246 g/mol. The van der Waals surface area contributed by atoms with Crippen LogP contribution in [0.25, 0.3) is 0 Å². The summed E-state index contributed by atoms with van der Waals surface area (Å²) in [5.74, 6) is 1.11. The lowest BCUT2D eigenvalue weighted by Crippen LogP contribution is -2.07. The van der Waals surface area contributed by atoms with Crippen molar-refractivity contribution in [3.8, 4) is 5.75 Å². The number of hydrogen-bond acceptors (Lipinski definition) is 3. The van der Waals surface area contributed by atoms with Gasteiger partial charge in [-0.2, -0.15) is 0 Å². The topological polar surface area (TPSA) is 35.5 Å². The molecule has 96 valence electrons. The van der Waals surface area contributed by atoms with Gasteiger partial charge in [-0.15, -0.1) is 0 Å². The number of esters is 1. The summed E-state index contributed by atoms with van der Waals surface area (Å²) in [6, 6.07) is 7.89. The van der Waals surface area contributed by atoms with Crippen LogP contribution in [0.1, 0.15) is 24.8 Å². The zero-order valence-electron chi connectivity index (χ0n) is 10.6. The Balaban J connectivity index is 1.91. The molecule has 1 unspecified atom stereocenters. The van der Waals surface area contributed by atoms with Gasteiger partial charge in [-0.3, -0.25) is 4.79 Å². The first kappa shape index (κ1) is 12.7. The summed E-state index contributed by atoms with van der Waals surface area (Å²) < 4.78 is 10.4. The fourth-order valence-electron chi connectivity index (χ4n) is 2.04. The molecule has 1 aliphatic carbocycles. The third-order valence-electron chi connectivity index (χ3n) is 3.06. The van der Waals surface area contributed by atoms with Crippen LogP contribution in [0.3, 0.4) is 0 Å². The highest BCUT2D eigenvalue weighted by atomic mass is 16.5. The quantitative estimate of drug-likeness (QED) is 0.572. The van der Waals surface area contributed by atoms with Crippen LogP contribution in [0.2, 0.25) is 0 Å². The molecule has 0 aliphatic heterocycles. The number of rotatable bonds is 6. The van der Waals surface area contributed by atoms with E-state index in [1.54, 1.807) is 6.08 Å². The van der Waals surface area contributed by atoms with Gasteiger partial charge in [-0.05, 0) is 37.0 Å². The van der Waals surface area contributed by atoms with E-state index in [2.05, 4.69) is 6.58 Å². The highest BCUT2D eigenvalue weighted by Gasteiger charge is 2.44. The first-order chi connectivity index (χ1) is 8.76. The van der Waals surface area contributed by atoms with Crippen LogP contribution in [0, 0.1) is 5.92 Å². The summed E-state index contributed by atoms with van der Waals surface area (Å²) >= 11 is 0. The van der Waals surface area contributed by atoms with Crippen molar-refractivity contribution in [3.63, 3.8) is 0 Å². The lowest BCUT2D eigenvalue weighted by atomic mass is 10.1. The third kappa shape index (κ3) is 2.92. The Labute approximate surface area is 107 Å². The van der Waals surface area contributed by atoms with E-state index in [4.69, 9.17) is 9.47 Å². The van der Waals surface area contributed by atoms with E-state index < -0.39 is 0 Å². The van der Waals surface area contributed by atoms with Gasteiger partial charge >= 0.3 is 5.97 Å². The summed E-state index contributed by atoms with van der Waals surface area (Å²) in [6.45, 7) is 6.40. The Morgan fingerprint density at radius 3 is 2.78 bits per heavy atom. The van der Waals surface area contributed by atoms with Gasteiger partial charge in [0.25, 0.3) is 0 Å². The van der Waals surface area contributed by atoms with E-state index in [1.165, 1.54) is 5.56 Å². The van der Waals surface area contributed by atoms with E-state index in [9.17, 15) is 4.79 Å². The summed E-state index contributed by atoms with van der Waals surface area (Å²) in [4.78, 5) is 11.5. The number of hydrogen-bond donors (Lipinski definition) is 0. The molecular formula is C15H18O3. The Bertz CT molecular complexity index is 422. The predicted molar refractivity (Wildman–Crippen MR) is 69.6 cm³/mol. The molecule has 0 saturated heterocycles. The first-order valence-electron chi connectivity index (χ1n) is 6.26. The van der Waals surface area contributed by atoms with Gasteiger partial charge in [0, 0.05) is 0 Å². The van der Waals surface area contributed by atoms with E-state index in [0.717, 1.165) is 12.2 Å². The lowest BCUT2D eigenvalue weighted by Gasteiger charge is -2.05. The van der Waals surface area contributed by atoms with Crippen molar-refractivity contribution < 1.29 is 14.3 Å². The molecular weight excluding hydrogens is 228 g/mol. The summed E-state index contributed by atoms with van der Waals surface area (Å²) in [5.41, 5.74) is 1.18. The standard InChI is InChI=1S/C15H18O3/c1-3-9-18-12-7-5-11(6-8-12)13-10-14(13)15(16)17-4-2/h3,5-8,13-14H,1,4,9-10H2,2H3/t13?,14-/m0/s1. The molecule has 0 aromatic heterocycles. The maximum atomic E-state index is 11.5. The van der Waals surface area contributed by atoms with Gasteiger partial charge < -0.3 is 9.47 Å². The summed E-state index contributed by atoms with van der Waals surface area (Å²) in [7, 11) is 0. The molecule has 1 fully saturated rings. The molecule has 3 heteroatoms. The predicted octanol–water partition coefficient (Wildman–Crippen LogP) is 2.92. The lowest BCUT2D eigenvalue weighted by molar-refractivity contribution is -0.144. The monoisotopic (exact) mass is 246 g/mol. The summed E-state index contributed by atoms with van der Waals surface area (Å²) in [6.07, 6.45) is 2.61. The van der Waals surface area contributed by atoms with Crippen molar-refractivity contribution >= 4 is 5.97 Å². The highest BCUT2D eigenvalue weighted by Crippen LogP contribution is 2.48. The van der Waals surface area contributed by atoms with Crippen molar-refractivity contribution in [2.75, 3.05) is 13.2 Å². The van der Waals surface area contributed by atoms with Crippen LogP contribution in [0.15, 0.2) is 36.9 Å². The minimum absolute atomic E-state index is 0.0462. The molecule has 1 aromatic carbocycles. The van der Waals surface area contributed by atoms with Crippen molar-refractivity contribution in [3.05, 3.63) is 42.5 Å². The first-order valence-corrected chi connectivity index (χ1v) is 6.26. The van der Waals surface area contributed by atoms with Gasteiger partial charge in [0.15, 0.2) is 0 Å². The van der Waals surface area contributed by atoms with Gasteiger partial charge in [-0.1, -0.05) is 24.8 Å². The zero-order valence-corrected chi connectivity index (χ0v) is 10.6. The largest absolute Gasteiger partial charge is 0.490 e. The van der Waals surface area contributed by atoms with Crippen molar-refractivity contribution in [1.82, 2.24) is 0 Å². The maximum absolute atomic E-state index is 11.5. The minimum atomic E-state index is -0.0746. The van der Waals surface area contributed by atoms with E-state index in [1.807, 2.05) is 31.2 Å². The zero-order chi connectivity index (χ0) is 13.0. The van der Waals surface area contributed by atoms with Crippen LogP contribution in [0.4, 0.5) is 0 Å². The number of benzene rings is 1. The van der Waals surface area contributed by atoms with Gasteiger partial charge in [0.1, 0.15) is 12.4 Å². The van der Waals surface area contributed by atoms with Crippen LogP contribution in [-0.2, 0) is 9.53 Å². The molecule has 2 atom stereocenters. The minimum Gasteiger partial charge on any atom is -0.490 e. The molecule has 1 aliphatic rings. The molecule has 0 spiro atoms. The number of ether oxygens (including phenoxy) is 2. The van der Waals surface area contributed by atoms with Crippen molar-refractivity contribution in [2.24, 2.45) is 5.92 Å². The second-order valence-corrected chi connectivity index (χ2v) is 4.37. The van der Waals surface area contributed by atoms with Crippen LogP contribution in [-0.4, -0.2) is 19.2 Å². The maximum Gasteiger partial charge on any atom is 0.309 e. The molecule has 0 bridgehead atoms. The second-order valence-electron chi connectivity index (χ2n) is 4.37. The van der Waals surface area contributed by atoms with Gasteiger partial charge in [0.2, 0.25) is 0 Å². The Morgan fingerprint density at radius 2 is 2.17 bits per heavy atom. The summed E-state index contributed by atoms with van der Waals surface area (Å²) in [5, 5.41) is 0. The molecule has 1 aromatic rings. The SMILES string of the molecule is C=CCOc1ccc(C2C[C@@H]2C(=O)OCC)cc1. The fraction of sp³-hybridized carbons (Fsp3) is 0.400. The van der Waals surface area contributed by atoms with Crippen LogP contribution >= 0.6 is 0 Å². The smallest absolute Gasteiger partial charge is 0.309 e. The van der Waals surface area contributed by atoms with E-state index in [-0.39, 0.29) is 11.9 Å². The molecule has 0 amide bonds. The molecule has 1 saturated carbocycles. The number of carbonyl (C=O) groups is 1. The van der Waals surface area contributed by atoms with E-state index in [0.29, 0.717) is 19.1 Å². The van der Waals surface area contributed by atoms with Crippen LogP contribution in [0.5, 0.6) is 5.75 Å². The van der Waals surface area contributed by atoms with Crippen LogP contribution < -0.4 is 4.74 Å². The molecule has 2 rings (SSSR count). The van der Waals surface area contributed by atoms with Crippen molar-refractivity contribution in [1.29, 1.82) is 0 Å². The second kappa shape index (κ2) is 5.71. The number of carbonyl (C=O) groups excluding carboxylic acids is 1. The Kier molecular flexibility index (Phi) is 4.03. The van der Waals surface area contributed by atoms with Gasteiger partial charge in [-0.25, -0.2) is 0 Å². The molecule has 0 radical (unpaired) electrons. The Morgan fingerprint density at radius 1 is 1.44 bits per heavy atom. The molecule has 18 heavy (non-hydrogen) atoms. The van der Waals surface area contributed by atoms with Gasteiger partial charge in [0.05, 0.1) is 12.5 Å².